The number of carbonyl (C=O) groups excluding carboxylic acids is 1. The number of furan rings is 1. The minimum atomic E-state index is -0.335. The van der Waals surface area contributed by atoms with Crippen LogP contribution in [-0.4, -0.2) is 18.7 Å². The van der Waals surface area contributed by atoms with Crippen LogP contribution in [0.3, 0.4) is 0 Å². The van der Waals surface area contributed by atoms with Gasteiger partial charge in [-0.2, -0.15) is 0 Å². The van der Waals surface area contributed by atoms with Crippen LogP contribution < -0.4 is 4.74 Å². The number of ether oxygens (including phenoxy) is 2. The Hall–Kier alpha value is -1.97. The van der Waals surface area contributed by atoms with E-state index in [0.717, 1.165) is 35.8 Å². The van der Waals surface area contributed by atoms with Crippen molar-refractivity contribution in [3.63, 3.8) is 0 Å². The van der Waals surface area contributed by atoms with Gasteiger partial charge in [0, 0.05) is 5.39 Å². The van der Waals surface area contributed by atoms with Crippen molar-refractivity contribution in [2.75, 3.05) is 6.61 Å². The number of fused-ring (bicyclic) bond motifs is 2. The first-order valence-electron chi connectivity index (χ1n) is 8.02. The number of hydrogen-bond acceptors (Lipinski definition) is 4. The van der Waals surface area contributed by atoms with Crippen LogP contribution in [-0.2, 0) is 4.74 Å². The first kappa shape index (κ1) is 13.7. The van der Waals surface area contributed by atoms with Gasteiger partial charge in [-0.05, 0) is 63.1 Å². The molecule has 2 fully saturated rings. The van der Waals surface area contributed by atoms with Crippen LogP contribution in [0.4, 0.5) is 0 Å². The highest BCUT2D eigenvalue weighted by molar-refractivity contribution is 6.04. The smallest absolute Gasteiger partial charge is 0.342 e. The predicted molar refractivity (Wildman–Crippen MR) is 82.2 cm³/mol. The molecule has 0 amide bonds. The van der Waals surface area contributed by atoms with E-state index in [1.165, 1.54) is 6.42 Å². The molecule has 0 spiro atoms. The monoisotopic (exact) mass is 300 g/mol. The van der Waals surface area contributed by atoms with E-state index < -0.39 is 0 Å². The third-order valence-corrected chi connectivity index (χ3v) is 4.82. The summed E-state index contributed by atoms with van der Waals surface area (Å²) in [5.41, 5.74) is 1.21. The molecule has 22 heavy (non-hydrogen) atoms. The summed E-state index contributed by atoms with van der Waals surface area (Å²) < 4.78 is 16.9. The van der Waals surface area contributed by atoms with Gasteiger partial charge in [0.2, 0.25) is 0 Å². The molecule has 0 saturated heterocycles. The Kier molecular flexibility index (Phi) is 3.13. The molecule has 4 heteroatoms. The molecule has 2 unspecified atom stereocenters. The Balaban J connectivity index is 1.63. The van der Waals surface area contributed by atoms with Crippen LogP contribution in [0.1, 0.15) is 42.3 Å². The summed E-state index contributed by atoms with van der Waals surface area (Å²) in [4.78, 5) is 12.1. The van der Waals surface area contributed by atoms with Gasteiger partial charge in [0.15, 0.2) is 0 Å². The largest absolute Gasteiger partial charge is 0.490 e. The second-order valence-electron chi connectivity index (χ2n) is 6.38. The van der Waals surface area contributed by atoms with Crippen LogP contribution in [0.2, 0.25) is 0 Å². The number of rotatable bonds is 4. The topological polar surface area (TPSA) is 48.7 Å². The normalized spacial score (nSPS) is 26.0. The molecular weight excluding hydrogens is 280 g/mol. The maximum absolute atomic E-state index is 12.1. The molecule has 2 aliphatic rings. The van der Waals surface area contributed by atoms with E-state index in [-0.39, 0.29) is 5.97 Å². The van der Waals surface area contributed by atoms with Crippen LogP contribution in [0.5, 0.6) is 5.75 Å². The van der Waals surface area contributed by atoms with Crippen LogP contribution >= 0.6 is 0 Å². The molecule has 4 nitrogen and oxygen atoms in total. The van der Waals surface area contributed by atoms with E-state index in [1.807, 2.05) is 18.2 Å². The zero-order valence-electron chi connectivity index (χ0n) is 12.9. The number of benzene rings is 1. The highest BCUT2D eigenvalue weighted by Crippen LogP contribution is 2.52. The Morgan fingerprint density at radius 2 is 2.05 bits per heavy atom. The van der Waals surface area contributed by atoms with Gasteiger partial charge < -0.3 is 13.9 Å². The zero-order chi connectivity index (χ0) is 15.3. The van der Waals surface area contributed by atoms with Crippen molar-refractivity contribution in [2.24, 2.45) is 11.8 Å². The molecular formula is C18H20O4. The zero-order valence-corrected chi connectivity index (χ0v) is 12.9. The van der Waals surface area contributed by atoms with E-state index in [9.17, 15) is 4.79 Å². The SMILES string of the molecule is CCOC(=O)c1c(C)oc2ccc(OC3CC4CC4C3)cc12. The third-order valence-electron chi connectivity index (χ3n) is 4.82. The van der Waals surface area contributed by atoms with E-state index in [2.05, 4.69) is 0 Å². The first-order chi connectivity index (χ1) is 10.7. The van der Waals surface area contributed by atoms with Crippen molar-refractivity contribution < 1.29 is 18.7 Å². The predicted octanol–water partition coefficient (Wildman–Crippen LogP) is 4.10. The summed E-state index contributed by atoms with van der Waals surface area (Å²) in [6.07, 6.45) is 4.03. The van der Waals surface area contributed by atoms with Crippen LogP contribution in [0, 0.1) is 18.8 Å². The lowest BCUT2D eigenvalue weighted by Crippen LogP contribution is -2.13. The fourth-order valence-electron chi connectivity index (χ4n) is 3.68. The molecule has 2 atom stereocenters. The fourth-order valence-corrected chi connectivity index (χ4v) is 3.68. The second-order valence-corrected chi connectivity index (χ2v) is 6.38. The third kappa shape index (κ3) is 2.27. The Morgan fingerprint density at radius 3 is 2.77 bits per heavy atom. The summed E-state index contributed by atoms with van der Waals surface area (Å²) in [5, 5.41) is 0.775. The van der Waals surface area contributed by atoms with Crippen molar-refractivity contribution in [3.8, 4) is 5.75 Å². The first-order valence-corrected chi connectivity index (χ1v) is 8.02. The van der Waals surface area contributed by atoms with Gasteiger partial charge in [0.1, 0.15) is 22.7 Å². The summed E-state index contributed by atoms with van der Waals surface area (Å²) in [6, 6.07) is 5.70. The van der Waals surface area contributed by atoms with Crippen LogP contribution in [0.15, 0.2) is 22.6 Å². The molecule has 0 bridgehead atoms. The molecule has 1 aromatic heterocycles. The summed E-state index contributed by atoms with van der Waals surface area (Å²) >= 11 is 0. The molecule has 2 saturated carbocycles. The maximum atomic E-state index is 12.1. The van der Waals surface area contributed by atoms with Gasteiger partial charge in [0.05, 0.1) is 12.7 Å². The van der Waals surface area contributed by atoms with Crippen molar-refractivity contribution in [1.82, 2.24) is 0 Å². The molecule has 0 radical (unpaired) electrons. The van der Waals surface area contributed by atoms with E-state index in [1.54, 1.807) is 13.8 Å². The van der Waals surface area contributed by atoms with Crippen LogP contribution in [0.25, 0.3) is 11.0 Å². The number of esters is 1. The minimum absolute atomic E-state index is 0.320. The molecule has 2 aromatic rings. The minimum Gasteiger partial charge on any atom is -0.490 e. The lowest BCUT2D eigenvalue weighted by molar-refractivity contribution is 0.0526. The van der Waals surface area contributed by atoms with E-state index in [0.29, 0.717) is 29.6 Å². The Bertz CT molecular complexity index is 720. The van der Waals surface area contributed by atoms with Gasteiger partial charge in [0.25, 0.3) is 0 Å². The van der Waals surface area contributed by atoms with Gasteiger partial charge in [-0.3, -0.25) is 0 Å². The van der Waals surface area contributed by atoms with E-state index >= 15 is 0 Å². The average molecular weight is 300 g/mol. The molecule has 1 heterocycles. The van der Waals surface area contributed by atoms with Gasteiger partial charge in [-0.15, -0.1) is 0 Å². The molecule has 0 aliphatic heterocycles. The molecule has 1 aromatic carbocycles. The average Bonchev–Trinajstić information content (AvgIpc) is 2.95. The molecule has 116 valence electrons. The van der Waals surface area contributed by atoms with E-state index in [4.69, 9.17) is 13.9 Å². The fraction of sp³-hybridized carbons (Fsp3) is 0.500. The molecule has 4 rings (SSSR count). The van der Waals surface area contributed by atoms with Crippen molar-refractivity contribution in [2.45, 2.75) is 39.2 Å². The maximum Gasteiger partial charge on any atom is 0.342 e. The molecule has 2 aliphatic carbocycles. The lowest BCUT2D eigenvalue weighted by Gasteiger charge is -2.15. The Labute approximate surface area is 129 Å². The standard InChI is InChI=1S/C18H20O4/c1-3-20-18(19)17-10(2)21-16-5-4-13(9-15(16)17)22-14-7-11-6-12(11)8-14/h4-5,9,11-12,14H,3,6-8H2,1-2H3. The number of hydrogen-bond donors (Lipinski definition) is 0. The van der Waals surface area contributed by atoms with Gasteiger partial charge in [-0.25, -0.2) is 4.79 Å². The van der Waals surface area contributed by atoms with Gasteiger partial charge in [-0.1, -0.05) is 0 Å². The summed E-state index contributed by atoms with van der Waals surface area (Å²) in [6.45, 7) is 3.94. The Morgan fingerprint density at radius 1 is 1.27 bits per heavy atom. The number of carbonyl (C=O) groups is 1. The summed E-state index contributed by atoms with van der Waals surface area (Å²) in [7, 11) is 0. The molecule has 0 N–H and O–H groups in total. The summed E-state index contributed by atoms with van der Waals surface area (Å²) in [5.74, 6) is 2.84. The second kappa shape index (κ2) is 5.04. The highest BCUT2D eigenvalue weighted by Gasteiger charge is 2.46. The van der Waals surface area contributed by atoms with Crippen molar-refractivity contribution >= 4 is 16.9 Å². The number of aryl methyl sites for hydroxylation is 1. The van der Waals surface area contributed by atoms with Crippen molar-refractivity contribution in [3.05, 3.63) is 29.5 Å². The quantitative estimate of drug-likeness (QED) is 0.798. The van der Waals surface area contributed by atoms with Crippen molar-refractivity contribution in [1.29, 1.82) is 0 Å². The van der Waals surface area contributed by atoms with Gasteiger partial charge >= 0.3 is 5.97 Å². The lowest BCUT2D eigenvalue weighted by atomic mass is 10.1. The highest BCUT2D eigenvalue weighted by atomic mass is 16.5.